The number of nitrogens with one attached hydrogen (secondary N) is 1. The molecule has 0 spiro atoms. The maximum atomic E-state index is 12.4. The van der Waals surface area contributed by atoms with E-state index in [2.05, 4.69) is 15.5 Å². The van der Waals surface area contributed by atoms with Crippen LogP contribution in [0.4, 0.5) is 11.4 Å². The summed E-state index contributed by atoms with van der Waals surface area (Å²) in [5.41, 5.74) is 2.92. The highest BCUT2D eigenvalue weighted by atomic mass is 35.5. The zero-order chi connectivity index (χ0) is 23.5. The number of hydrogen-bond acceptors (Lipinski definition) is 7. The van der Waals surface area contributed by atoms with Crippen LogP contribution in [0, 0.1) is 17.0 Å². The van der Waals surface area contributed by atoms with Crippen LogP contribution in [0.25, 0.3) is 16.7 Å². The van der Waals surface area contributed by atoms with Gasteiger partial charge < -0.3 is 14.8 Å². The Labute approximate surface area is 192 Å². The predicted molar refractivity (Wildman–Crippen MR) is 122 cm³/mol. The second kappa shape index (κ2) is 9.13. The van der Waals surface area contributed by atoms with Crippen LogP contribution in [-0.4, -0.2) is 39.5 Å². The molecule has 1 N–H and O–H groups in total. The molecule has 1 amide bonds. The number of carbonyl (C=O) groups is 1. The van der Waals surface area contributed by atoms with Crippen LogP contribution in [0.1, 0.15) is 5.56 Å². The second-order valence-corrected chi connectivity index (χ2v) is 7.43. The third-order valence-corrected chi connectivity index (χ3v) is 5.08. The molecule has 3 aromatic carbocycles. The van der Waals surface area contributed by atoms with Crippen LogP contribution >= 0.6 is 11.6 Å². The lowest BCUT2D eigenvalue weighted by atomic mass is 10.1. The van der Waals surface area contributed by atoms with Crippen molar-refractivity contribution in [3.63, 3.8) is 0 Å². The SMILES string of the molecule is COc1ccc(-n2nc3cc(C)c(NC(=O)COc4ccccc4[N+](=O)[O-])cc3n2)cc1Cl. The molecule has 0 fully saturated rings. The fourth-order valence-electron chi connectivity index (χ4n) is 3.16. The molecule has 0 aliphatic carbocycles. The monoisotopic (exact) mass is 467 g/mol. The minimum atomic E-state index is -0.565. The summed E-state index contributed by atoms with van der Waals surface area (Å²) in [7, 11) is 1.53. The average Bonchev–Trinajstić information content (AvgIpc) is 3.20. The Bertz CT molecular complexity index is 1370. The number of amides is 1. The molecule has 11 heteroatoms. The largest absolute Gasteiger partial charge is 0.495 e. The Morgan fingerprint density at radius 1 is 1.12 bits per heavy atom. The Kier molecular flexibility index (Phi) is 6.09. The summed E-state index contributed by atoms with van der Waals surface area (Å²) in [6.45, 7) is 1.43. The topological polar surface area (TPSA) is 121 Å². The number of anilines is 1. The van der Waals surface area contributed by atoms with Crippen molar-refractivity contribution in [3.8, 4) is 17.2 Å². The minimum absolute atomic E-state index is 0.0194. The van der Waals surface area contributed by atoms with Crippen molar-refractivity contribution in [1.82, 2.24) is 15.0 Å². The number of hydrogen-bond donors (Lipinski definition) is 1. The first-order valence-corrected chi connectivity index (χ1v) is 10.1. The fourth-order valence-corrected chi connectivity index (χ4v) is 3.41. The highest BCUT2D eigenvalue weighted by Crippen LogP contribution is 2.28. The number of para-hydroxylation sites is 2. The molecule has 0 unspecified atom stereocenters. The van der Waals surface area contributed by atoms with Crippen LogP contribution in [0.3, 0.4) is 0 Å². The Morgan fingerprint density at radius 3 is 2.55 bits per heavy atom. The number of nitro benzene ring substituents is 1. The summed E-state index contributed by atoms with van der Waals surface area (Å²) >= 11 is 6.20. The van der Waals surface area contributed by atoms with E-state index in [9.17, 15) is 14.9 Å². The smallest absolute Gasteiger partial charge is 0.310 e. The molecule has 33 heavy (non-hydrogen) atoms. The molecule has 4 rings (SSSR count). The second-order valence-electron chi connectivity index (χ2n) is 7.03. The number of aryl methyl sites for hydroxylation is 1. The van der Waals surface area contributed by atoms with Gasteiger partial charge in [0, 0.05) is 11.8 Å². The molecule has 10 nitrogen and oxygen atoms in total. The first-order chi connectivity index (χ1) is 15.9. The maximum Gasteiger partial charge on any atom is 0.310 e. The lowest BCUT2D eigenvalue weighted by Gasteiger charge is -2.09. The third-order valence-electron chi connectivity index (χ3n) is 4.79. The maximum absolute atomic E-state index is 12.4. The molecule has 0 saturated heterocycles. The van der Waals surface area contributed by atoms with E-state index in [1.807, 2.05) is 6.92 Å². The molecular weight excluding hydrogens is 450 g/mol. The van der Waals surface area contributed by atoms with E-state index < -0.39 is 10.8 Å². The summed E-state index contributed by atoms with van der Waals surface area (Å²) in [6, 6.07) is 14.5. The van der Waals surface area contributed by atoms with E-state index in [-0.39, 0.29) is 18.0 Å². The Morgan fingerprint density at radius 2 is 1.85 bits per heavy atom. The molecule has 0 bridgehead atoms. The highest BCUT2D eigenvalue weighted by molar-refractivity contribution is 6.32. The number of ether oxygens (including phenoxy) is 2. The number of methoxy groups -OCH3 is 1. The van der Waals surface area contributed by atoms with Gasteiger partial charge in [-0.3, -0.25) is 14.9 Å². The van der Waals surface area contributed by atoms with Gasteiger partial charge in [-0.2, -0.15) is 4.80 Å². The molecule has 4 aromatic rings. The summed E-state index contributed by atoms with van der Waals surface area (Å²) in [5, 5.41) is 23.2. The van der Waals surface area contributed by atoms with Gasteiger partial charge in [0.25, 0.3) is 5.91 Å². The average molecular weight is 468 g/mol. The Hall–Kier alpha value is -4.18. The Balaban J connectivity index is 1.51. The third kappa shape index (κ3) is 4.70. The van der Waals surface area contributed by atoms with Crippen molar-refractivity contribution in [2.75, 3.05) is 19.0 Å². The van der Waals surface area contributed by atoms with Gasteiger partial charge in [0.1, 0.15) is 16.8 Å². The van der Waals surface area contributed by atoms with Crippen LogP contribution in [0.15, 0.2) is 54.6 Å². The molecule has 0 aliphatic heterocycles. The van der Waals surface area contributed by atoms with E-state index in [1.54, 1.807) is 36.4 Å². The molecule has 0 radical (unpaired) electrons. The van der Waals surface area contributed by atoms with E-state index in [4.69, 9.17) is 21.1 Å². The predicted octanol–water partition coefficient (Wildman–Crippen LogP) is 4.32. The number of halogens is 1. The van der Waals surface area contributed by atoms with E-state index in [1.165, 1.54) is 30.1 Å². The van der Waals surface area contributed by atoms with Crippen LogP contribution in [-0.2, 0) is 4.79 Å². The van der Waals surface area contributed by atoms with Crippen molar-refractivity contribution in [2.24, 2.45) is 0 Å². The zero-order valence-electron chi connectivity index (χ0n) is 17.6. The van der Waals surface area contributed by atoms with Gasteiger partial charge in [-0.15, -0.1) is 10.2 Å². The number of benzene rings is 3. The van der Waals surface area contributed by atoms with Gasteiger partial charge in [-0.1, -0.05) is 23.7 Å². The molecule has 1 heterocycles. The van der Waals surface area contributed by atoms with Gasteiger partial charge >= 0.3 is 5.69 Å². The lowest BCUT2D eigenvalue weighted by molar-refractivity contribution is -0.385. The van der Waals surface area contributed by atoms with Gasteiger partial charge in [0.15, 0.2) is 12.4 Å². The van der Waals surface area contributed by atoms with Gasteiger partial charge in [-0.25, -0.2) is 0 Å². The lowest BCUT2D eigenvalue weighted by Crippen LogP contribution is -2.21. The number of aromatic nitrogens is 3. The van der Waals surface area contributed by atoms with Crippen molar-refractivity contribution in [1.29, 1.82) is 0 Å². The van der Waals surface area contributed by atoms with Gasteiger partial charge in [0.2, 0.25) is 0 Å². The summed E-state index contributed by atoms with van der Waals surface area (Å²) < 4.78 is 10.5. The van der Waals surface area contributed by atoms with Gasteiger partial charge in [0.05, 0.1) is 22.7 Å². The fraction of sp³-hybridized carbons (Fsp3) is 0.136. The van der Waals surface area contributed by atoms with Crippen molar-refractivity contribution in [2.45, 2.75) is 6.92 Å². The van der Waals surface area contributed by atoms with Gasteiger partial charge in [-0.05, 0) is 48.9 Å². The quantitative estimate of drug-likeness (QED) is 0.317. The first kappa shape index (κ1) is 22.0. The van der Waals surface area contributed by atoms with Crippen molar-refractivity contribution >= 4 is 39.9 Å². The van der Waals surface area contributed by atoms with E-state index >= 15 is 0 Å². The highest BCUT2D eigenvalue weighted by Gasteiger charge is 2.16. The number of carbonyl (C=O) groups excluding carboxylic acids is 1. The van der Waals surface area contributed by atoms with Crippen molar-refractivity contribution in [3.05, 3.63) is 75.3 Å². The van der Waals surface area contributed by atoms with Crippen LogP contribution in [0.5, 0.6) is 11.5 Å². The molecule has 0 atom stereocenters. The number of fused-ring (bicyclic) bond motifs is 1. The number of rotatable bonds is 7. The summed E-state index contributed by atoms with van der Waals surface area (Å²) in [4.78, 5) is 24.4. The molecule has 168 valence electrons. The molecule has 0 aliphatic rings. The molecular formula is C22H18ClN5O5. The van der Waals surface area contributed by atoms with Crippen molar-refractivity contribution < 1.29 is 19.2 Å². The minimum Gasteiger partial charge on any atom is -0.495 e. The van der Waals surface area contributed by atoms with Crippen LogP contribution < -0.4 is 14.8 Å². The van der Waals surface area contributed by atoms with E-state index in [0.717, 1.165) is 5.56 Å². The summed E-state index contributed by atoms with van der Waals surface area (Å²) in [6.07, 6.45) is 0. The first-order valence-electron chi connectivity index (χ1n) is 9.73. The molecule has 0 saturated carbocycles. The molecule has 1 aromatic heterocycles. The van der Waals surface area contributed by atoms with E-state index in [0.29, 0.717) is 33.2 Å². The zero-order valence-corrected chi connectivity index (χ0v) is 18.4. The van der Waals surface area contributed by atoms with Crippen LogP contribution in [0.2, 0.25) is 5.02 Å². The standard InChI is InChI=1S/C22H18ClN5O5/c1-13-9-17-18(26-27(25-17)14-7-8-20(32-2)15(23)10-14)11-16(13)24-22(29)12-33-21-6-4-3-5-19(21)28(30)31/h3-11H,12H2,1-2H3,(H,24,29). The normalized spacial score (nSPS) is 10.8. The number of nitro groups is 1. The summed E-state index contributed by atoms with van der Waals surface area (Å²) in [5.74, 6) is 0.0943. The number of nitrogens with zero attached hydrogens (tertiary/aromatic N) is 4.